The maximum atomic E-state index is 14.1. The first-order chi connectivity index (χ1) is 9.60. The minimum Gasteiger partial charge on any atom is -0.497 e. The molecule has 0 bridgehead atoms. The Bertz CT molecular complexity index is 800. The third-order valence-electron chi connectivity index (χ3n) is 3.04. The maximum absolute atomic E-state index is 14.1. The number of imidazole rings is 1. The highest BCUT2D eigenvalue weighted by molar-refractivity contribution is 9.10. The van der Waals surface area contributed by atoms with Gasteiger partial charge in [-0.05, 0) is 30.3 Å². The van der Waals surface area contributed by atoms with Crippen molar-refractivity contribution in [2.45, 2.75) is 0 Å². The molecule has 20 heavy (non-hydrogen) atoms. The number of anilines is 1. The van der Waals surface area contributed by atoms with E-state index in [0.717, 1.165) is 5.52 Å². The molecular weight excluding hydrogens is 325 g/mol. The van der Waals surface area contributed by atoms with Gasteiger partial charge >= 0.3 is 0 Å². The fourth-order valence-electron chi connectivity index (χ4n) is 2.12. The lowest BCUT2D eigenvalue weighted by molar-refractivity contribution is 0.415. The largest absolute Gasteiger partial charge is 0.497 e. The molecule has 1 heterocycles. The zero-order valence-corrected chi connectivity index (χ0v) is 12.2. The highest BCUT2D eigenvalue weighted by Gasteiger charge is 2.14. The molecule has 0 saturated carbocycles. The molecule has 0 unspecified atom stereocenters. The molecule has 4 nitrogen and oxygen atoms in total. The van der Waals surface area contributed by atoms with E-state index in [1.165, 1.54) is 6.07 Å². The van der Waals surface area contributed by atoms with E-state index in [2.05, 4.69) is 20.9 Å². The van der Waals surface area contributed by atoms with Crippen LogP contribution in [0.5, 0.6) is 5.75 Å². The fraction of sp³-hybridized carbons (Fsp3) is 0.0714. The Morgan fingerprint density at radius 2 is 2.05 bits per heavy atom. The summed E-state index contributed by atoms with van der Waals surface area (Å²) in [6.07, 6.45) is 0. The molecule has 0 radical (unpaired) electrons. The number of rotatable bonds is 2. The summed E-state index contributed by atoms with van der Waals surface area (Å²) in [4.78, 5) is 4.24. The molecule has 1 aromatic heterocycles. The van der Waals surface area contributed by atoms with Gasteiger partial charge in [-0.1, -0.05) is 15.9 Å². The molecule has 6 heteroatoms. The summed E-state index contributed by atoms with van der Waals surface area (Å²) in [6.45, 7) is 0. The number of ether oxygens (including phenoxy) is 1. The topological polar surface area (TPSA) is 53.1 Å². The van der Waals surface area contributed by atoms with Crippen molar-refractivity contribution in [1.29, 1.82) is 0 Å². The lowest BCUT2D eigenvalue weighted by atomic mass is 10.2. The number of benzene rings is 2. The number of methoxy groups -OCH3 is 1. The van der Waals surface area contributed by atoms with Gasteiger partial charge in [-0.15, -0.1) is 0 Å². The number of nitrogens with two attached hydrogens (primary N) is 1. The van der Waals surface area contributed by atoms with E-state index in [1.54, 1.807) is 42.0 Å². The van der Waals surface area contributed by atoms with E-state index in [-0.39, 0.29) is 11.8 Å². The Labute approximate surface area is 123 Å². The predicted octanol–water partition coefficient (Wildman–Crippen LogP) is 3.52. The third kappa shape index (κ3) is 2.02. The molecule has 0 amide bonds. The lowest BCUT2D eigenvalue weighted by Crippen LogP contribution is -2.02. The van der Waals surface area contributed by atoms with Crippen molar-refractivity contribution in [3.8, 4) is 11.4 Å². The number of aromatic nitrogens is 2. The van der Waals surface area contributed by atoms with Gasteiger partial charge in [0.05, 0.1) is 23.8 Å². The Morgan fingerprint density at radius 3 is 2.75 bits per heavy atom. The molecule has 102 valence electrons. The van der Waals surface area contributed by atoms with Crippen LogP contribution in [0, 0.1) is 5.82 Å². The van der Waals surface area contributed by atoms with Gasteiger partial charge in [0.15, 0.2) is 0 Å². The SMILES string of the molecule is COc1ccc2c(c1)nc(N)n2-c1ccc(Br)cc1F. The van der Waals surface area contributed by atoms with E-state index in [1.807, 2.05) is 0 Å². The molecule has 0 aliphatic rings. The van der Waals surface area contributed by atoms with Crippen LogP contribution in [-0.4, -0.2) is 16.7 Å². The van der Waals surface area contributed by atoms with Gasteiger partial charge in [0.1, 0.15) is 11.6 Å². The molecular formula is C14H11BrFN3O. The van der Waals surface area contributed by atoms with Crippen LogP contribution >= 0.6 is 15.9 Å². The van der Waals surface area contributed by atoms with E-state index < -0.39 is 0 Å². The van der Waals surface area contributed by atoms with Crippen LogP contribution < -0.4 is 10.5 Å². The van der Waals surface area contributed by atoms with E-state index in [4.69, 9.17) is 10.5 Å². The molecule has 3 rings (SSSR count). The number of nitrogens with zero attached hydrogens (tertiary/aromatic N) is 2. The average Bonchev–Trinajstić information content (AvgIpc) is 2.74. The van der Waals surface area contributed by atoms with Gasteiger partial charge < -0.3 is 10.5 Å². The van der Waals surface area contributed by atoms with Crippen molar-refractivity contribution in [3.05, 3.63) is 46.7 Å². The van der Waals surface area contributed by atoms with E-state index in [0.29, 0.717) is 21.4 Å². The van der Waals surface area contributed by atoms with Crippen molar-refractivity contribution < 1.29 is 9.13 Å². The Balaban J connectivity index is 2.27. The van der Waals surface area contributed by atoms with Gasteiger partial charge in [-0.25, -0.2) is 9.37 Å². The first kappa shape index (κ1) is 12.9. The molecule has 0 aliphatic heterocycles. The molecule has 0 spiro atoms. The maximum Gasteiger partial charge on any atom is 0.206 e. The van der Waals surface area contributed by atoms with Crippen molar-refractivity contribution in [3.63, 3.8) is 0 Å². The minimum atomic E-state index is -0.374. The first-order valence-corrected chi connectivity index (χ1v) is 6.67. The van der Waals surface area contributed by atoms with Crippen LogP contribution in [0.1, 0.15) is 0 Å². The monoisotopic (exact) mass is 335 g/mol. The highest BCUT2D eigenvalue weighted by Crippen LogP contribution is 2.28. The lowest BCUT2D eigenvalue weighted by Gasteiger charge is -2.08. The van der Waals surface area contributed by atoms with Crippen molar-refractivity contribution in [2.75, 3.05) is 12.8 Å². The second kappa shape index (κ2) is 4.79. The Kier molecular flexibility index (Phi) is 3.10. The standard InChI is InChI=1S/C14H11BrFN3O/c1-20-9-3-5-13-11(7-9)18-14(17)19(13)12-4-2-8(15)6-10(12)16/h2-7H,1H3,(H2,17,18). The molecule has 3 aromatic rings. The zero-order valence-electron chi connectivity index (χ0n) is 10.6. The molecule has 0 atom stereocenters. The minimum absolute atomic E-state index is 0.231. The zero-order chi connectivity index (χ0) is 14.3. The summed E-state index contributed by atoms with van der Waals surface area (Å²) < 4.78 is 21.5. The molecule has 0 saturated heterocycles. The van der Waals surface area contributed by atoms with Crippen LogP contribution in [0.4, 0.5) is 10.3 Å². The predicted molar refractivity (Wildman–Crippen MR) is 79.7 cm³/mol. The van der Waals surface area contributed by atoms with Crippen molar-refractivity contribution >= 4 is 32.9 Å². The summed E-state index contributed by atoms with van der Waals surface area (Å²) in [5, 5.41) is 0. The van der Waals surface area contributed by atoms with Gasteiger partial charge in [0.2, 0.25) is 5.95 Å². The fourth-order valence-corrected chi connectivity index (χ4v) is 2.45. The van der Waals surface area contributed by atoms with Crippen LogP contribution in [0.15, 0.2) is 40.9 Å². The van der Waals surface area contributed by atoms with Crippen LogP contribution in [0.25, 0.3) is 16.7 Å². The first-order valence-electron chi connectivity index (χ1n) is 5.87. The normalized spacial score (nSPS) is 10.9. The molecule has 2 aromatic carbocycles. The van der Waals surface area contributed by atoms with Gasteiger partial charge in [0, 0.05) is 10.5 Å². The summed E-state index contributed by atoms with van der Waals surface area (Å²) in [6, 6.07) is 10.2. The summed E-state index contributed by atoms with van der Waals surface area (Å²) in [5.74, 6) is 0.536. The molecule has 0 aliphatic carbocycles. The van der Waals surface area contributed by atoms with Gasteiger partial charge in [-0.3, -0.25) is 4.57 Å². The van der Waals surface area contributed by atoms with Crippen LogP contribution in [0.3, 0.4) is 0 Å². The second-order valence-electron chi connectivity index (χ2n) is 4.26. The van der Waals surface area contributed by atoms with Crippen LogP contribution in [-0.2, 0) is 0 Å². The number of fused-ring (bicyclic) bond motifs is 1. The second-order valence-corrected chi connectivity index (χ2v) is 5.17. The summed E-state index contributed by atoms with van der Waals surface area (Å²) in [7, 11) is 1.58. The highest BCUT2D eigenvalue weighted by atomic mass is 79.9. The Morgan fingerprint density at radius 1 is 1.25 bits per heavy atom. The van der Waals surface area contributed by atoms with E-state index >= 15 is 0 Å². The molecule has 2 N–H and O–H groups in total. The molecule has 0 fully saturated rings. The van der Waals surface area contributed by atoms with Crippen LogP contribution in [0.2, 0.25) is 0 Å². The smallest absolute Gasteiger partial charge is 0.206 e. The third-order valence-corrected chi connectivity index (χ3v) is 3.53. The number of hydrogen-bond donors (Lipinski definition) is 1. The quantitative estimate of drug-likeness (QED) is 0.779. The van der Waals surface area contributed by atoms with Crippen molar-refractivity contribution in [1.82, 2.24) is 9.55 Å². The average molecular weight is 336 g/mol. The summed E-state index contributed by atoms with van der Waals surface area (Å²) >= 11 is 3.23. The van der Waals surface area contributed by atoms with E-state index in [9.17, 15) is 4.39 Å². The number of halogens is 2. The Hall–Kier alpha value is -2.08. The van der Waals surface area contributed by atoms with Gasteiger partial charge in [-0.2, -0.15) is 0 Å². The number of hydrogen-bond acceptors (Lipinski definition) is 3. The van der Waals surface area contributed by atoms with Gasteiger partial charge in [0.25, 0.3) is 0 Å². The summed E-state index contributed by atoms with van der Waals surface area (Å²) in [5.41, 5.74) is 7.66. The number of nitrogen functional groups attached to an aromatic ring is 1. The van der Waals surface area contributed by atoms with Crippen molar-refractivity contribution in [2.24, 2.45) is 0 Å².